The smallest absolute Gasteiger partial charge is 0.337 e. The average Bonchev–Trinajstić information content (AvgIpc) is 3.40. The Morgan fingerprint density at radius 3 is 2.50 bits per heavy atom. The molecular weight excluding hydrogens is 496 g/mol. The fraction of sp³-hybridized carbons (Fsp3) is 0.250. The van der Waals surface area contributed by atoms with E-state index in [0.717, 1.165) is 43.0 Å². The molecule has 0 bridgehead atoms. The molecule has 0 aliphatic carbocycles. The number of carboxylic acid groups (broad SMARTS) is 1. The Kier molecular flexibility index (Phi) is 6.11. The van der Waals surface area contributed by atoms with E-state index in [9.17, 15) is 14.7 Å². The van der Waals surface area contributed by atoms with E-state index in [1.807, 2.05) is 64.1 Å². The molecular formula is C28H25ClN2O4S. The molecule has 1 atom stereocenters. The minimum absolute atomic E-state index is 0.0651. The van der Waals surface area contributed by atoms with E-state index in [-0.39, 0.29) is 5.91 Å². The first-order valence-electron chi connectivity index (χ1n) is 11.5. The SMILES string of the molecule is Cc1cc2nc(-c3ccc4c(c3)CNC4=O)sc2c(-c2ccc(Cl)cc2)c1C(OC(C)(C)C)C(=O)O. The van der Waals surface area contributed by atoms with Gasteiger partial charge in [0.25, 0.3) is 5.91 Å². The highest BCUT2D eigenvalue weighted by molar-refractivity contribution is 7.22. The van der Waals surface area contributed by atoms with Crippen LogP contribution in [0.3, 0.4) is 0 Å². The zero-order valence-electron chi connectivity index (χ0n) is 20.3. The number of nitrogens with one attached hydrogen (secondary N) is 1. The number of rotatable bonds is 5. The van der Waals surface area contributed by atoms with E-state index in [4.69, 9.17) is 21.3 Å². The van der Waals surface area contributed by atoms with E-state index >= 15 is 0 Å². The van der Waals surface area contributed by atoms with Crippen molar-refractivity contribution in [2.45, 2.75) is 45.9 Å². The van der Waals surface area contributed by atoms with Crippen molar-refractivity contribution in [1.29, 1.82) is 0 Å². The number of aliphatic carboxylic acids is 1. The standard InChI is InChI=1S/C28H25ClN2O4S/c1-14-11-20-24(36-26(31-20)16-7-10-19-17(12-16)13-30-25(19)32)22(15-5-8-18(29)9-6-15)21(14)23(27(33)34)35-28(2,3)4/h5-12,23H,13H2,1-4H3,(H,30,32)(H,33,34). The molecule has 6 nitrogen and oxygen atoms in total. The van der Waals surface area contributed by atoms with Crippen LogP contribution in [-0.4, -0.2) is 27.6 Å². The lowest BCUT2D eigenvalue weighted by Gasteiger charge is -2.28. The quantitative estimate of drug-likeness (QED) is 0.303. The van der Waals surface area contributed by atoms with Gasteiger partial charge in [0.05, 0.1) is 15.8 Å². The number of halogens is 1. The molecule has 2 heterocycles. The number of aromatic nitrogens is 1. The van der Waals surface area contributed by atoms with Crippen LogP contribution in [0.25, 0.3) is 31.9 Å². The zero-order valence-corrected chi connectivity index (χ0v) is 21.9. The van der Waals surface area contributed by atoms with Gasteiger partial charge in [-0.05, 0) is 74.7 Å². The Morgan fingerprint density at radius 1 is 1.14 bits per heavy atom. The number of fused-ring (bicyclic) bond motifs is 2. The summed E-state index contributed by atoms with van der Waals surface area (Å²) in [5.74, 6) is -1.12. The van der Waals surface area contributed by atoms with Gasteiger partial charge >= 0.3 is 5.97 Å². The first-order valence-corrected chi connectivity index (χ1v) is 12.7. The molecule has 184 valence electrons. The Bertz CT molecular complexity index is 1520. The van der Waals surface area contributed by atoms with Crippen LogP contribution in [0.5, 0.6) is 0 Å². The highest BCUT2D eigenvalue weighted by atomic mass is 35.5. The third-order valence-electron chi connectivity index (χ3n) is 6.05. The molecule has 1 aliphatic heterocycles. The highest BCUT2D eigenvalue weighted by Crippen LogP contribution is 2.44. The number of benzene rings is 3. The molecule has 36 heavy (non-hydrogen) atoms. The second kappa shape index (κ2) is 9.00. The molecule has 0 spiro atoms. The number of aryl methyl sites for hydroxylation is 1. The lowest BCUT2D eigenvalue weighted by Crippen LogP contribution is -2.28. The summed E-state index contributed by atoms with van der Waals surface area (Å²) in [5, 5.41) is 14.4. The normalized spacial score (nSPS) is 14.1. The molecule has 1 aliphatic rings. The molecule has 1 unspecified atom stereocenters. The van der Waals surface area contributed by atoms with Gasteiger partial charge in [0, 0.05) is 33.8 Å². The summed E-state index contributed by atoms with van der Waals surface area (Å²) in [6.45, 7) is 7.92. The van der Waals surface area contributed by atoms with Crippen LogP contribution >= 0.6 is 22.9 Å². The lowest BCUT2D eigenvalue weighted by molar-refractivity contribution is -0.160. The van der Waals surface area contributed by atoms with Gasteiger partial charge in [0.1, 0.15) is 5.01 Å². The maximum atomic E-state index is 12.5. The van der Waals surface area contributed by atoms with Crippen molar-refractivity contribution in [3.05, 3.63) is 75.8 Å². The molecule has 4 aromatic rings. The van der Waals surface area contributed by atoms with Gasteiger partial charge in [0.15, 0.2) is 6.10 Å². The number of hydrogen-bond donors (Lipinski definition) is 2. The summed E-state index contributed by atoms with van der Waals surface area (Å²) in [4.78, 5) is 29.4. The summed E-state index contributed by atoms with van der Waals surface area (Å²) < 4.78 is 6.94. The average molecular weight is 521 g/mol. The molecule has 3 aromatic carbocycles. The second-order valence-corrected chi connectivity index (χ2v) is 11.3. The first-order chi connectivity index (χ1) is 17.0. The van der Waals surface area contributed by atoms with Crippen molar-refractivity contribution in [1.82, 2.24) is 10.3 Å². The van der Waals surface area contributed by atoms with Crippen molar-refractivity contribution in [3.63, 3.8) is 0 Å². The Labute approximate surface area is 217 Å². The molecule has 0 radical (unpaired) electrons. The number of amides is 1. The van der Waals surface area contributed by atoms with Gasteiger partial charge < -0.3 is 15.2 Å². The van der Waals surface area contributed by atoms with Gasteiger partial charge in [-0.15, -0.1) is 11.3 Å². The van der Waals surface area contributed by atoms with Gasteiger partial charge in [0.2, 0.25) is 0 Å². The Morgan fingerprint density at radius 2 is 1.83 bits per heavy atom. The van der Waals surface area contributed by atoms with E-state index in [1.165, 1.54) is 11.3 Å². The number of carbonyl (C=O) groups excluding carboxylic acids is 1. The molecule has 5 rings (SSSR count). The molecule has 1 aromatic heterocycles. The fourth-order valence-electron chi connectivity index (χ4n) is 4.53. The number of carboxylic acids is 1. The second-order valence-electron chi connectivity index (χ2n) is 9.86. The van der Waals surface area contributed by atoms with Gasteiger partial charge in [-0.1, -0.05) is 29.8 Å². The van der Waals surface area contributed by atoms with Crippen LogP contribution < -0.4 is 5.32 Å². The molecule has 1 amide bonds. The predicted molar refractivity (Wildman–Crippen MR) is 143 cm³/mol. The molecule has 0 fully saturated rings. The summed E-state index contributed by atoms with van der Waals surface area (Å²) in [6.07, 6.45) is -1.16. The van der Waals surface area contributed by atoms with Crippen LogP contribution in [0.1, 0.15) is 53.9 Å². The fourth-order valence-corrected chi connectivity index (χ4v) is 5.77. The molecule has 8 heteroatoms. The molecule has 0 saturated heterocycles. The number of thiazole rings is 1. The maximum Gasteiger partial charge on any atom is 0.337 e. The predicted octanol–water partition coefficient (Wildman–Crippen LogP) is 6.78. The van der Waals surface area contributed by atoms with Crippen LogP contribution in [0, 0.1) is 6.92 Å². The van der Waals surface area contributed by atoms with Crippen molar-refractivity contribution in [2.75, 3.05) is 0 Å². The van der Waals surface area contributed by atoms with Crippen LogP contribution in [0.15, 0.2) is 48.5 Å². The van der Waals surface area contributed by atoms with Gasteiger partial charge in [-0.2, -0.15) is 0 Å². The summed E-state index contributed by atoms with van der Waals surface area (Å²) >= 11 is 7.67. The van der Waals surface area contributed by atoms with E-state index < -0.39 is 17.7 Å². The monoisotopic (exact) mass is 520 g/mol. The van der Waals surface area contributed by atoms with Crippen LogP contribution in [0.2, 0.25) is 5.02 Å². The summed E-state index contributed by atoms with van der Waals surface area (Å²) in [5.41, 5.74) is 5.64. The summed E-state index contributed by atoms with van der Waals surface area (Å²) in [6, 6.07) is 15.0. The highest BCUT2D eigenvalue weighted by Gasteiger charge is 2.32. The van der Waals surface area contributed by atoms with Crippen molar-refractivity contribution in [3.8, 4) is 21.7 Å². The summed E-state index contributed by atoms with van der Waals surface area (Å²) in [7, 11) is 0. The first kappa shape index (κ1) is 24.4. The number of carbonyl (C=O) groups is 2. The van der Waals surface area contributed by atoms with Crippen molar-refractivity contribution < 1.29 is 19.4 Å². The third kappa shape index (κ3) is 4.50. The lowest BCUT2D eigenvalue weighted by atomic mass is 9.91. The topological polar surface area (TPSA) is 88.5 Å². The number of nitrogens with zero attached hydrogens (tertiary/aromatic N) is 1. The number of hydrogen-bond acceptors (Lipinski definition) is 5. The van der Waals surface area contributed by atoms with Crippen molar-refractivity contribution in [2.24, 2.45) is 0 Å². The third-order valence-corrected chi connectivity index (χ3v) is 7.44. The van der Waals surface area contributed by atoms with E-state index in [2.05, 4.69) is 5.32 Å². The van der Waals surface area contributed by atoms with E-state index in [1.54, 1.807) is 12.1 Å². The zero-order chi connectivity index (χ0) is 25.8. The van der Waals surface area contributed by atoms with Gasteiger partial charge in [-0.25, -0.2) is 9.78 Å². The largest absolute Gasteiger partial charge is 0.479 e. The molecule has 0 saturated carbocycles. The van der Waals surface area contributed by atoms with Gasteiger partial charge in [-0.3, -0.25) is 4.79 Å². The van der Waals surface area contributed by atoms with Crippen LogP contribution in [-0.2, 0) is 16.1 Å². The minimum atomic E-state index is -1.16. The Balaban J connectivity index is 1.76. The van der Waals surface area contributed by atoms with Crippen LogP contribution in [0.4, 0.5) is 0 Å². The van der Waals surface area contributed by atoms with Crippen molar-refractivity contribution >= 4 is 45.0 Å². The van der Waals surface area contributed by atoms with E-state index in [0.29, 0.717) is 22.7 Å². The maximum absolute atomic E-state index is 12.5. The molecule has 2 N–H and O–H groups in total. The number of ether oxygens (including phenoxy) is 1. The Hall–Kier alpha value is -3.26. The minimum Gasteiger partial charge on any atom is -0.479 e.